The van der Waals surface area contributed by atoms with Crippen molar-refractivity contribution in [3.63, 3.8) is 0 Å². The van der Waals surface area contributed by atoms with Crippen LogP contribution in [0.1, 0.15) is 23.5 Å². The van der Waals surface area contributed by atoms with Crippen LogP contribution in [0.2, 0.25) is 0 Å². The lowest BCUT2D eigenvalue weighted by Gasteiger charge is -2.36. The average molecular weight is 371 g/mol. The van der Waals surface area contributed by atoms with Crippen molar-refractivity contribution in [2.75, 3.05) is 44.2 Å². The SMILES string of the molecule is O=C(Cc1csc(CN2CCCC2)n1)N1CCN(c2ccccc2)CC1. The number of carbonyl (C=O) groups excluding carboxylic acids is 1. The maximum Gasteiger partial charge on any atom is 0.228 e. The van der Waals surface area contributed by atoms with Gasteiger partial charge in [-0.05, 0) is 38.1 Å². The third-order valence-corrected chi connectivity index (χ3v) is 6.13. The van der Waals surface area contributed by atoms with Crippen LogP contribution in [0.5, 0.6) is 0 Å². The molecule has 2 saturated heterocycles. The largest absolute Gasteiger partial charge is 0.368 e. The minimum atomic E-state index is 0.204. The lowest BCUT2D eigenvalue weighted by Crippen LogP contribution is -2.49. The van der Waals surface area contributed by atoms with E-state index in [0.29, 0.717) is 6.42 Å². The van der Waals surface area contributed by atoms with Gasteiger partial charge in [0.25, 0.3) is 0 Å². The van der Waals surface area contributed by atoms with Crippen molar-refractivity contribution in [3.05, 3.63) is 46.4 Å². The van der Waals surface area contributed by atoms with Gasteiger partial charge in [-0.2, -0.15) is 0 Å². The molecule has 0 aliphatic carbocycles. The summed E-state index contributed by atoms with van der Waals surface area (Å²) in [6, 6.07) is 10.4. The van der Waals surface area contributed by atoms with Gasteiger partial charge in [0.15, 0.2) is 0 Å². The second kappa shape index (κ2) is 8.18. The predicted molar refractivity (Wildman–Crippen MR) is 106 cm³/mol. The number of rotatable bonds is 5. The highest BCUT2D eigenvalue weighted by Gasteiger charge is 2.22. The molecule has 2 fully saturated rings. The van der Waals surface area contributed by atoms with Gasteiger partial charge in [-0.25, -0.2) is 4.98 Å². The van der Waals surface area contributed by atoms with E-state index in [1.54, 1.807) is 11.3 Å². The smallest absolute Gasteiger partial charge is 0.228 e. The summed E-state index contributed by atoms with van der Waals surface area (Å²) < 4.78 is 0. The quantitative estimate of drug-likeness (QED) is 0.811. The maximum atomic E-state index is 12.6. The predicted octanol–water partition coefficient (Wildman–Crippen LogP) is 2.63. The summed E-state index contributed by atoms with van der Waals surface area (Å²) in [7, 11) is 0. The normalized spacial score (nSPS) is 18.5. The molecule has 0 atom stereocenters. The summed E-state index contributed by atoms with van der Waals surface area (Å²) in [5, 5.41) is 3.20. The minimum absolute atomic E-state index is 0.204. The number of thiazole rings is 1. The first-order valence-corrected chi connectivity index (χ1v) is 10.4. The zero-order chi connectivity index (χ0) is 17.8. The number of aromatic nitrogens is 1. The Morgan fingerprint density at radius 1 is 1.00 bits per heavy atom. The zero-order valence-electron chi connectivity index (χ0n) is 15.1. The Morgan fingerprint density at radius 2 is 1.73 bits per heavy atom. The molecule has 26 heavy (non-hydrogen) atoms. The fourth-order valence-electron chi connectivity index (χ4n) is 3.75. The number of carbonyl (C=O) groups is 1. The van der Waals surface area contributed by atoms with Crippen molar-refractivity contribution in [3.8, 4) is 0 Å². The van der Waals surface area contributed by atoms with E-state index in [4.69, 9.17) is 4.98 Å². The van der Waals surface area contributed by atoms with Gasteiger partial charge >= 0.3 is 0 Å². The molecule has 0 spiro atoms. The van der Waals surface area contributed by atoms with Crippen LogP contribution in [-0.4, -0.2) is 60.0 Å². The summed E-state index contributed by atoms with van der Waals surface area (Å²) in [4.78, 5) is 24.1. The Hall–Kier alpha value is -1.92. The molecule has 5 nitrogen and oxygen atoms in total. The van der Waals surface area contributed by atoms with Crippen molar-refractivity contribution in [2.45, 2.75) is 25.8 Å². The lowest BCUT2D eigenvalue weighted by molar-refractivity contribution is -0.130. The van der Waals surface area contributed by atoms with Gasteiger partial charge in [-0.1, -0.05) is 18.2 Å². The van der Waals surface area contributed by atoms with Crippen LogP contribution in [-0.2, 0) is 17.8 Å². The molecule has 1 aromatic heterocycles. The van der Waals surface area contributed by atoms with Gasteiger partial charge in [-0.15, -0.1) is 11.3 Å². The first kappa shape index (κ1) is 17.5. The molecule has 0 N–H and O–H groups in total. The molecule has 3 heterocycles. The fourth-order valence-corrected chi connectivity index (χ4v) is 4.59. The van der Waals surface area contributed by atoms with Gasteiger partial charge in [0.05, 0.1) is 18.7 Å². The molecule has 2 aliphatic heterocycles. The highest BCUT2D eigenvalue weighted by molar-refractivity contribution is 7.09. The molecule has 0 bridgehead atoms. The lowest BCUT2D eigenvalue weighted by atomic mass is 10.2. The highest BCUT2D eigenvalue weighted by Crippen LogP contribution is 2.18. The zero-order valence-corrected chi connectivity index (χ0v) is 16.0. The number of nitrogens with zero attached hydrogens (tertiary/aromatic N) is 4. The summed E-state index contributed by atoms with van der Waals surface area (Å²) in [6.45, 7) is 6.67. The van der Waals surface area contributed by atoms with Crippen LogP contribution in [0.15, 0.2) is 35.7 Å². The fraction of sp³-hybridized carbons (Fsp3) is 0.500. The van der Waals surface area contributed by atoms with Crippen molar-refractivity contribution in [1.29, 1.82) is 0 Å². The molecule has 2 aromatic rings. The second-order valence-electron chi connectivity index (χ2n) is 7.10. The van der Waals surface area contributed by atoms with Crippen molar-refractivity contribution >= 4 is 22.9 Å². The van der Waals surface area contributed by atoms with Crippen LogP contribution in [0.4, 0.5) is 5.69 Å². The highest BCUT2D eigenvalue weighted by atomic mass is 32.1. The first-order valence-electron chi connectivity index (χ1n) is 9.51. The Labute approximate surface area is 159 Å². The van der Waals surface area contributed by atoms with E-state index in [-0.39, 0.29) is 5.91 Å². The molecule has 138 valence electrons. The number of benzene rings is 1. The van der Waals surface area contributed by atoms with Gasteiger partial charge < -0.3 is 9.80 Å². The Balaban J connectivity index is 1.27. The second-order valence-corrected chi connectivity index (χ2v) is 8.04. The first-order chi connectivity index (χ1) is 12.8. The molecule has 6 heteroatoms. The number of amides is 1. The standard InChI is InChI=1S/C20H26N4OS/c25-20(14-17-16-26-19(21-17)15-22-8-4-5-9-22)24-12-10-23(11-13-24)18-6-2-1-3-7-18/h1-3,6-7,16H,4-5,8-15H2. The molecule has 1 aromatic carbocycles. The Bertz CT molecular complexity index is 718. The molecule has 0 unspecified atom stereocenters. The number of anilines is 1. The summed E-state index contributed by atoms with van der Waals surface area (Å²) in [5.74, 6) is 0.204. The number of hydrogen-bond acceptors (Lipinski definition) is 5. The van der Waals surface area contributed by atoms with E-state index in [9.17, 15) is 4.79 Å². The Morgan fingerprint density at radius 3 is 2.46 bits per heavy atom. The number of hydrogen-bond donors (Lipinski definition) is 0. The average Bonchev–Trinajstić information content (AvgIpc) is 3.35. The number of para-hydroxylation sites is 1. The molecule has 0 saturated carbocycles. The van der Waals surface area contributed by atoms with Crippen molar-refractivity contribution < 1.29 is 4.79 Å². The molecule has 4 rings (SSSR count). The number of piperazine rings is 1. The van der Waals surface area contributed by atoms with E-state index in [2.05, 4.69) is 39.4 Å². The van der Waals surface area contributed by atoms with E-state index in [1.165, 1.54) is 31.6 Å². The molecule has 1 amide bonds. The maximum absolute atomic E-state index is 12.6. The van der Waals surface area contributed by atoms with Crippen LogP contribution >= 0.6 is 11.3 Å². The van der Waals surface area contributed by atoms with E-state index in [1.807, 2.05) is 11.0 Å². The van der Waals surface area contributed by atoms with Crippen LogP contribution in [0.3, 0.4) is 0 Å². The van der Waals surface area contributed by atoms with Gasteiger partial charge in [-0.3, -0.25) is 9.69 Å². The van der Waals surface area contributed by atoms with Gasteiger partial charge in [0.2, 0.25) is 5.91 Å². The Kier molecular flexibility index (Phi) is 5.51. The topological polar surface area (TPSA) is 39.7 Å². The van der Waals surface area contributed by atoms with Gasteiger partial charge in [0, 0.05) is 37.2 Å². The van der Waals surface area contributed by atoms with Crippen molar-refractivity contribution in [2.24, 2.45) is 0 Å². The van der Waals surface area contributed by atoms with E-state index < -0.39 is 0 Å². The summed E-state index contributed by atoms with van der Waals surface area (Å²) in [6.07, 6.45) is 3.03. The van der Waals surface area contributed by atoms with Gasteiger partial charge in [0.1, 0.15) is 5.01 Å². The third kappa shape index (κ3) is 4.24. The minimum Gasteiger partial charge on any atom is -0.368 e. The van der Waals surface area contributed by atoms with E-state index >= 15 is 0 Å². The molecular formula is C20H26N4OS. The monoisotopic (exact) mass is 370 g/mol. The third-order valence-electron chi connectivity index (χ3n) is 5.24. The van der Waals surface area contributed by atoms with Crippen molar-refractivity contribution in [1.82, 2.24) is 14.8 Å². The van der Waals surface area contributed by atoms with Crippen LogP contribution < -0.4 is 4.90 Å². The van der Waals surface area contributed by atoms with Crippen LogP contribution in [0.25, 0.3) is 0 Å². The molecular weight excluding hydrogens is 344 g/mol. The molecule has 0 radical (unpaired) electrons. The summed E-state index contributed by atoms with van der Waals surface area (Å²) in [5.41, 5.74) is 2.17. The molecule has 2 aliphatic rings. The number of likely N-dealkylation sites (tertiary alicyclic amines) is 1. The van der Waals surface area contributed by atoms with E-state index in [0.717, 1.165) is 43.4 Å². The van der Waals surface area contributed by atoms with Crippen LogP contribution in [0, 0.1) is 0 Å². The summed E-state index contributed by atoms with van der Waals surface area (Å²) >= 11 is 1.69.